The Morgan fingerprint density at radius 1 is 1.13 bits per heavy atom. The number of aryl methyl sites for hydroxylation is 1. The maximum atomic E-state index is 13.2. The highest BCUT2D eigenvalue weighted by atomic mass is 35.5. The van der Waals surface area contributed by atoms with Crippen molar-refractivity contribution in [3.05, 3.63) is 69.3 Å². The number of halogens is 2. The molecule has 0 spiro atoms. The first kappa shape index (κ1) is 20.8. The third-order valence-corrected chi connectivity index (χ3v) is 7.06. The minimum Gasteiger partial charge on any atom is -0.481 e. The lowest BCUT2D eigenvalue weighted by molar-refractivity contribution is -0.138. The molecule has 1 fully saturated rings. The molecule has 2 aromatic carbocycles. The summed E-state index contributed by atoms with van der Waals surface area (Å²) in [6, 6.07) is 12.8. The van der Waals surface area contributed by atoms with Gasteiger partial charge in [-0.25, -0.2) is 0 Å². The van der Waals surface area contributed by atoms with Crippen LogP contribution < -0.4 is 5.32 Å². The highest BCUT2D eigenvalue weighted by Gasteiger charge is 2.40. The van der Waals surface area contributed by atoms with Crippen molar-refractivity contribution in [3.63, 3.8) is 0 Å². The second-order valence-corrected chi connectivity index (χ2v) is 8.74. The van der Waals surface area contributed by atoms with E-state index in [1.165, 1.54) is 0 Å². The normalized spacial score (nSPS) is 16.1. The highest BCUT2D eigenvalue weighted by Crippen LogP contribution is 2.42. The third-order valence-electron chi connectivity index (χ3n) is 6.24. The molecule has 1 heterocycles. The monoisotopic (exact) mass is 444 g/mol. The summed E-state index contributed by atoms with van der Waals surface area (Å²) in [5.74, 6) is -1.61. The summed E-state index contributed by atoms with van der Waals surface area (Å²) in [7, 11) is 1.83. The van der Waals surface area contributed by atoms with E-state index >= 15 is 0 Å². The topological polar surface area (TPSA) is 71.3 Å². The molecule has 0 saturated heterocycles. The van der Waals surface area contributed by atoms with Crippen molar-refractivity contribution < 1.29 is 14.7 Å². The van der Waals surface area contributed by atoms with Crippen molar-refractivity contribution in [2.24, 2.45) is 7.05 Å². The molecule has 1 amide bonds. The number of fused-ring (bicyclic) bond motifs is 1. The minimum absolute atomic E-state index is 0.177. The number of hydrogen-bond acceptors (Lipinski definition) is 2. The van der Waals surface area contributed by atoms with Crippen molar-refractivity contribution in [1.29, 1.82) is 0 Å². The maximum absolute atomic E-state index is 13.2. The SMILES string of the molecule is C[C@@H](C(=O)O)c1ccc(C2(NC(=O)c3cc4c(Cl)c(Cl)ccc4n3C)CCC2)cc1. The maximum Gasteiger partial charge on any atom is 0.310 e. The van der Waals surface area contributed by atoms with Crippen molar-refractivity contribution >= 4 is 46.0 Å². The summed E-state index contributed by atoms with van der Waals surface area (Å²) in [6.07, 6.45) is 2.69. The van der Waals surface area contributed by atoms with Gasteiger partial charge >= 0.3 is 5.97 Å². The number of aliphatic carboxylic acids is 1. The number of rotatable bonds is 5. The van der Waals surface area contributed by atoms with Crippen LogP contribution in [0.25, 0.3) is 10.9 Å². The van der Waals surface area contributed by atoms with E-state index in [0.29, 0.717) is 15.7 Å². The van der Waals surface area contributed by atoms with Gasteiger partial charge in [0.05, 0.1) is 21.5 Å². The quantitative estimate of drug-likeness (QED) is 0.546. The molecule has 0 radical (unpaired) electrons. The van der Waals surface area contributed by atoms with Crippen LogP contribution in [0.3, 0.4) is 0 Å². The Bertz CT molecular complexity index is 1150. The van der Waals surface area contributed by atoms with Crippen LogP contribution >= 0.6 is 23.2 Å². The lowest BCUT2D eigenvalue weighted by Gasteiger charge is -2.43. The van der Waals surface area contributed by atoms with Crippen LogP contribution in [-0.4, -0.2) is 21.6 Å². The van der Waals surface area contributed by atoms with E-state index in [0.717, 1.165) is 41.3 Å². The molecule has 1 aromatic heterocycles. The Hall–Kier alpha value is -2.50. The van der Waals surface area contributed by atoms with E-state index in [1.54, 1.807) is 19.1 Å². The van der Waals surface area contributed by atoms with Crippen LogP contribution in [0.4, 0.5) is 0 Å². The number of aromatic nitrogens is 1. The van der Waals surface area contributed by atoms with Crippen molar-refractivity contribution in [1.82, 2.24) is 9.88 Å². The van der Waals surface area contributed by atoms with Crippen molar-refractivity contribution in [2.45, 2.75) is 37.6 Å². The zero-order chi connectivity index (χ0) is 21.6. The first-order chi connectivity index (χ1) is 14.2. The number of amides is 1. The minimum atomic E-state index is -0.857. The zero-order valence-corrected chi connectivity index (χ0v) is 18.2. The van der Waals surface area contributed by atoms with Crippen LogP contribution in [0.5, 0.6) is 0 Å². The molecule has 1 saturated carbocycles. The van der Waals surface area contributed by atoms with Gasteiger partial charge in [-0.2, -0.15) is 0 Å². The smallest absolute Gasteiger partial charge is 0.310 e. The molecular formula is C23H22Cl2N2O3. The van der Waals surface area contributed by atoms with Gasteiger partial charge in [0, 0.05) is 18.0 Å². The van der Waals surface area contributed by atoms with Gasteiger partial charge < -0.3 is 15.0 Å². The van der Waals surface area contributed by atoms with Gasteiger partial charge in [0.2, 0.25) is 0 Å². The second kappa shape index (κ2) is 7.64. The highest BCUT2D eigenvalue weighted by molar-refractivity contribution is 6.45. The molecule has 0 unspecified atom stereocenters. The number of carbonyl (C=O) groups excluding carboxylic acids is 1. The Labute approximate surface area is 184 Å². The molecule has 1 aliphatic carbocycles. The summed E-state index contributed by atoms with van der Waals surface area (Å²) < 4.78 is 1.82. The van der Waals surface area contributed by atoms with Crippen LogP contribution in [0.2, 0.25) is 10.0 Å². The van der Waals surface area contributed by atoms with E-state index in [9.17, 15) is 14.7 Å². The average Bonchev–Trinajstić information content (AvgIpc) is 3.04. The van der Waals surface area contributed by atoms with E-state index in [2.05, 4.69) is 5.32 Å². The standard InChI is InChI=1S/C23H22Cl2N2O3/c1-13(22(29)30)14-4-6-15(7-5-14)23(10-3-11-23)26-21(28)19-12-16-18(27(19)2)9-8-17(24)20(16)25/h4-9,12-13H,3,10-11H2,1-2H3,(H,26,28)(H,29,30)/t13-/m1/s1. The second-order valence-electron chi connectivity index (χ2n) is 7.95. The van der Waals surface area contributed by atoms with Crippen LogP contribution in [0.15, 0.2) is 42.5 Å². The molecule has 0 aliphatic heterocycles. The van der Waals surface area contributed by atoms with Crippen LogP contribution in [0, 0.1) is 0 Å². The fraction of sp³-hybridized carbons (Fsp3) is 0.304. The summed E-state index contributed by atoms with van der Waals surface area (Å²) in [5.41, 5.74) is 2.64. The van der Waals surface area contributed by atoms with Gasteiger partial charge in [-0.05, 0) is 55.5 Å². The molecule has 156 valence electrons. The number of carboxylic acids is 1. The van der Waals surface area contributed by atoms with E-state index < -0.39 is 17.4 Å². The molecule has 1 aliphatic rings. The van der Waals surface area contributed by atoms with Crippen LogP contribution in [0.1, 0.15) is 53.7 Å². The summed E-state index contributed by atoms with van der Waals surface area (Å²) in [4.78, 5) is 24.4. The molecule has 2 N–H and O–H groups in total. The Morgan fingerprint density at radius 3 is 2.37 bits per heavy atom. The average molecular weight is 445 g/mol. The predicted molar refractivity (Wildman–Crippen MR) is 118 cm³/mol. The Morgan fingerprint density at radius 2 is 1.80 bits per heavy atom. The zero-order valence-electron chi connectivity index (χ0n) is 16.7. The van der Waals surface area contributed by atoms with E-state index in [1.807, 2.05) is 41.9 Å². The van der Waals surface area contributed by atoms with Crippen molar-refractivity contribution in [2.75, 3.05) is 0 Å². The summed E-state index contributed by atoms with van der Waals surface area (Å²) in [6.45, 7) is 1.66. The summed E-state index contributed by atoms with van der Waals surface area (Å²) >= 11 is 12.5. The molecule has 4 rings (SSSR count). The van der Waals surface area contributed by atoms with Gasteiger partial charge in [-0.15, -0.1) is 0 Å². The number of hydrogen-bond donors (Lipinski definition) is 2. The fourth-order valence-electron chi connectivity index (χ4n) is 4.10. The molecule has 0 bridgehead atoms. The number of carboxylic acid groups (broad SMARTS) is 1. The first-order valence-electron chi connectivity index (χ1n) is 9.83. The molecule has 7 heteroatoms. The molecule has 3 aromatic rings. The molecule has 1 atom stereocenters. The lowest BCUT2D eigenvalue weighted by Crippen LogP contribution is -2.51. The first-order valence-corrected chi connectivity index (χ1v) is 10.6. The van der Waals surface area contributed by atoms with Crippen molar-refractivity contribution in [3.8, 4) is 0 Å². The van der Waals surface area contributed by atoms with E-state index in [4.69, 9.17) is 23.2 Å². The number of carbonyl (C=O) groups is 2. The Balaban J connectivity index is 1.63. The van der Waals surface area contributed by atoms with E-state index in [-0.39, 0.29) is 5.91 Å². The number of nitrogens with zero attached hydrogens (tertiary/aromatic N) is 1. The summed E-state index contributed by atoms with van der Waals surface area (Å²) in [5, 5.41) is 14.1. The molecule has 30 heavy (non-hydrogen) atoms. The molecular weight excluding hydrogens is 423 g/mol. The Kier molecular flexibility index (Phi) is 5.28. The number of benzene rings is 2. The number of nitrogens with one attached hydrogen (secondary N) is 1. The fourth-order valence-corrected chi connectivity index (χ4v) is 4.48. The van der Waals surface area contributed by atoms with Gasteiger partial charge in [0.25, 0.3) is 5.91 Å². The lowest BCUT2D eigenvalue weighted by atomic mass is 9.71. The predicted octanol–water partition coefficient (Wildman–Crippen LogP) is 5.48. The largest absolute Gasteiger partial charge is 0.481 e. The van der Waals surface area contributed by atoms with Gasteiger partial charge in [0.1, 0.15) is 5.69 Å². The van der Waals surface area contributed by atoms with Gasteiger partial charge in [-0.3, -0.25) is 9.59 Å². The molecule has 5 nitrogen and oxygen atoms in total. The van der Waals surface area contributed by atoms with Gasteiger partial charge in [-0.1, -0.05) is 47.5 Å². The van der Waals surface area contributed by atoms with Gasteiger partial charge in [0.15, 0.2) is 0 Å². The van der Waals surface area contributed by atoms with Crippen LogP contribution in [-0.2, 0) is 17.4 Å². The third kappa shape index (κ3) is 3.36.